The Bertz CT molecular complexity index is 1430. The predicted octanol–water partition coefficient (Wildman–Crippen LogP) is 4.65. The number of amides is 2. The second kappa shape index (κ2) is 14.7. The van der Waals surface area contributed by atoms with Crippen molar-refractivity contribution >= 4 is 39.7 Å². The van der Waals surface area contributed by atoms with E-state index in [0.29, 0.717) is 27.9 Å². The molecule has 44 heavy (non-hydrogen) atoms. The summed E-state index contributed by atoms with van der Waals surface area (Å²) in [6.07, 6.45) is 1.34. The second-order valence-electron chi connectivity index (χ2n) is 11.3. The van der Waals surface area contributed by atoms with E-state index in [1.54, 1.807) is 45.0 Å². The van der Waals surface area contributed by atoms with Gasteiger partial charge in [-0.15, -0.1) is 0 Å². The van der Waals surface area contributed by atoms with Crippen LogP contribution in [0.4, 0.5) is 24.0 Å². The zero-order chi connectivity index (χ0) is 32.8. The summed E-state index contributed by atoms with van der Waals surface area (Å²) in [6.45, 7) is 6.69. The molecule has 1 aromatic carbocycles. The molecule has 1 atom stereocenters. The molecule has 2 amide bonds. The van der Waals surface area contributed by atoms with Crippen LogP contribution in [0.5, 0.6) is 0 Å². The number of allylic oxidation sites excluding steroid dienone is 3. The van der Waals surface area contributed by atoms with E-state index in [0.717, 1.165) is 18.2 Å². The van der Waals surface area contributed by atoms with Gasteiger partial charge in [0.15, 0.2) is 5.13 Å². The number of rotatable bonds is 11. The Morgan fingerprint density at radius 3 is 2.52 bits per heavy atom. The van der Waals surface area contributed by atoms with Crippen molar-refractivity contribution in [1.82, 2.24) is 20.1 Å². The number of hydrogen-bond donors (Lipinski definition) is 4. The fraction of sp³-hybridized carbons (Fsp3) is 0.433. The lowest BCUT2D eigenvalue weighted by Gasteiger charge is -2.25. The Morgan fingerprint density at radius 1 is 1.18 bits per heavy atom. The summed E-state index contributed by atoms with van der Waals surface area (Å²) >= 11 is 1.19. The summed E-state index contributed by atoms with van der Waals surface area (Å²) < 4.78 is 41.3. The minimum atomic E-state index is -4.44. The number of aromatic nitrogens is 1. The Morgan fingerprint density at radius 2 is 1.89 bits per heavy atom. The molecule has 0 radical (unpaired) electrons. The molecule has 1 aliphatic rings. The average molecular weight is 635 g/mol. The maximum atomic E-state index is 13.8. The largest absolute Gasteiger partial charge is 0.396 e. The van der Waals surface area contributed by atoms with E-state index in [9.17, 15) is 22.8 Å². The van der Waals surface area contributed by atoms with E-state index in [1.807, 2.05) is 30.9 Å². The first-order valence-electron chi connectivity index (χ1n) is 14.1. The van der Waals surface area contributed by atoms with Crippen LogP contribution in [-0.4, -0.2) is 67.0 Å². The van der Waals surface area contributed by atoms with Crippen molar-refractivity contribution in [2.45, 2.75) is 39.8 Å². The first-order valence-corrected chi connectivity index (χ1v) is 14.9. The lowest BCUT2D eigenvalue weighted by molar-refractivity contribution is -0.162. The highest BCUT2D eigenvalue weighted by atomic mass is 32.1. The van der Waals surface area contributed by atoms with Gasteiger partial charge in [-0.2, -0.15) is 13.2 Å². The van der Waals surface area contributed by atoms with Gasteiger partial charge in [-0.3, -0.25) is 14.6 Å². The number of thiazole rings is 1. The molecule has 1 aliphatic carbocycles. The van der Waals surface area contributed by atoms with Crippen molar-refractivity contribution in [2.24, 2.45) is 23.4 Å². The minimum Gasteiger partial charge on any atom is -0.396 e. The quantitative estimate of drug-likeness (QED) is 0.208. The molecule has 0 saturated carbocycles. The van der Waals surface area contributed by atoms with Gasteiger partial charge in [0.25, 0.3) is 5.91 Å². The predicted molar refractivity (Wildman–Crippen MR) is 169 cm³/mol. The number of likely N-dealkylation sites (N-methyl/N-ethyl adjacent to an activating group) is 2. The first kappa shape index (κ1) is 34.6. The molecule has 1 unspecified atom stereocenters. The number of nitrogens with zero attached hydrogens (tertiary/aromatic N) is 4. The number of alkyl halides is 3. The number of benzene rings is 1. The number of hydrogen-bond acceptors (Lipinski definition) is 9. The Kier molecular flexibility index (Phi) is 11.6. The van der Waals surface area contributed by atoms with E-state index in [2.05, 4.69) is 15.6 Å². The van der Waals surface area contributed by atoms with Crippen LogP contribution >= 0.6 is 11.3 Å². The SMILES string of the molecule is Cc1ccc(C(=O)NC2=CC(C(F)(F)F)CCC(N(C)CCN(C)C)=C2)cc1N(N)/C=C(\N)c1cnc(NC(=O)C(C)C)s1. The summed E-state index contributed by atoms with van der Waals surface area (Å²) in [5.41, 5.74) is 8.72. The molecule has 2 aromatic rings. The van der Waals surface area contributed by atoms with Gasteiger partial charge < -0.3 is 26.2 Å². The zero-order valence-corrected chi connectivity index (χ0v) is 26.6. The van der Waals surface area contributed by atoms with Crippen LogP contribution in [0.2, 0.25) is 0 Å². The van der Waals surface area contributed by atoms with Crippen molar-refractivity contribution in [1.29, 1.82) is 0 Å². The van der Waals surface area contributed by atoms with E-state index in [1.165, 1.54) is 28.7 Å². The standard InChI is InChI=1S/C30H41F3N8O2S/c1-18(2)27(42)38-29-36-16-26(44-29)24(34)17-41(35)25-13-20(8-7-19(25)3)28(43)37-22-14-21(30(31,32)33)9-10-23(15-22)40(6)12-11-39(4)5/h7-8,13-18,21H,9-12,34-35H2,1-6H3,(H,37,43)(H,36,38,42)/b24-17-. The number of anilines is 2. The number of aryl methyl sites for hydroxylation is 1. The molecule has 240 valence electrons. The van der Waals surface area contributed by atoms with Crippen LogP contribution in [0.25, 0.3) is 5.70 Å². The maximum absolute atomic E-state index is 13.8. The summed E-state index contributed by atoms with van der Waals surface area (Å²) in [7, 11) is 5.68. The van der Waals surface area contributed by atoms with Crippen LogP contribution in [0.1, 0.15) is 47.5 Å². The normalized spacial score (nSPS) is 15.9. The molecule has 3 rings (SSSR count). The van der Waals surface area contributed by atoms with Crippen LogP contribution in [0, 0.1) is 18.8 Å². The van der Waals surface area contributed by atoms with E-state index >= 15 is 0 Å². The Balaban J connectivity index is 1.82. The van der Waals surface area contributed by atoms with Gasteiger partial charge in [-0.1, -0.05) is 31.3 Å². The smallest absolute Gasteiger partial charge is 0.395 e. The van der Waals surface area contributed by atoms with Gasteiger partial charge in [0.1, 0.15) is 0 Å². The number of nitrogens with one attached hydrogen (secondary N) is 2. The molecule has 0 bridgehead atoms. The number of carbonyl (C=O) groups excluding carboxylic acids is 2. The molecular formula is C30H41F3N8O2S. The van der Waals surface area contributed by atoms with Crippen molar-refractivity contribution < 1.29 is 22.8 Å². The van der Waals surface area contributed by atoms with Gasteiger partial charge in [0, 0.05) is 55.4 Å². The average Bonchev–Trinajstić information content (AvgIpc) is 3.29. The molecule has 1 aromatic heterocycles. The van der Waals surface area contributed by atoms with Gasteiger partial charge in [-0.25, -0.2) is 10.8 Å². The number of carbonyl (C=O) groups is 2. The van der Waals surface area contributed by atoms with E-state index < -0.39 is 18.0 Å². The first-order chi connectivity index (χ1) is 20.5. The van der Waals surface area contributed by atoms with Gasteiger partial charge in [-0.05, 0) is 63.7 Å². The van der Waals surface area contributed by atoms with Gasteiger partial charge in [0.2, 0.25) is 5.91 Å². The lowest BCUT2D eigenvalue weighted by Crippen LogP contribution is -2.29. The van der Waals surface area contributed by atoms with Crippen molar-refractivity contribution in [3.8, 4) is 0 Å². The monoisotopic (exact) mass is 634 g/mol. The van der Waals surface area contributed by atoms with Crippen LogP contribution in [0.3, 0.4) is 0 Å². The molecule has 0 aliphatic heterocycles. The fourth-order valence-corrected chi connectivity index (χ4v) is 5.01. The van der Waals surface area contributed by atoms with Crippen LogP contribution in [-0.2, 0) is 4.79 Å². The highest BCUT2D eigenvalue weighted by Crippen LogP contribution is 2.35. The fourth-order valence-electron chi connectivity index (χ4n) is 4.26. The van der Waals surface area contributed by atoms with Crippen molar-refractivity contribution in [2.75, 3.05) is 44.6 Å². The summed E-state index contributed by atoms with van der Waals surface area (Å²) in [5, 5.41) is 7.05. The third-order valence-corrected chi connectivity index (χ3v) is 8.00. The summed E-state index contributed by atoms with van der Waals surface area (Å²) in [6, 6.07) is 4.81. The molecular weight excluding hydrogens is 593 g/mol. The van der Waals surface area contributed by atoms with Gasteiger partial charge in [0.05, 0.1) is 22.2 Å². The number of hydrazine groups is 1. The van der Waals surface area contributed by atoms with E-state index in [4.69, 9.17) is 11.6 Å². The van der Waals surface area contributed by atoms with Crippen LogP contribution < -0.4 is 27.2 Å². The molecule has 14 heteroatoms. The third-order valence-electron chi connectivity index (χ3n) is 7.04. The highest BCUT2D eigenvalue weighted by molar-refractivity contribution is 7.16. The molecule has 6 N–H and O–H groups in total. The summed E-state index contributed by atoms with van der Waals surface area (Å²) in [5.74, 6) is 3.66. The number of nitrogens with two attached hydrogens (primary N) is 2. The molecule has 1 heterocycles. The van der Waals surface area contributed by atoms with Crippen molar-refractivity contribution in [3.63, 3.8) is 0 Å². The van der Waals surface area contributed by atoms with E-state index in [-0.39, 0.29) is 41.6 Å². The van der Waals surface area contributed by atoms with Gasteiger partial charge >= 0.3 is 6.18 Å². The van der Waals surface area contributed by atoms with Crippen molar-refractivity contribution in [3.05, 3.63) is 70.1 Å². The third kappa shape index (κ3) is 9.56. The Labute approximate surface area is 260 Å². The Hall–Kier alpha value is -3.88. The molecule has 0 spiro atoms. The highest BCUT2D eigenvalue weighted by Gasteiger charge is 2.39. The van der Waals surface area contributed by atoms with Crippen LogP contribution in [0.15, 0.2) is 54.1 Å². The molecule has 0 saturated heterocycles. The zero-order valence-electron chi connectivity index (χ0n) is 25.8. The maximum Gasteiger partial charge on any atom is 0.395 e. The molecule has 0 fully saturated rings. The summed E-state index contributed by atoms with van der Waals surface area (Å²) in [4.78, 5) is 33.9. The topological polar surface area (TPSA) is 133 Å². The lowest BCUT2D eigenvalue weighted by atomic mass is 10.0. The number of halogens is 3. The second-order valence-corrected chi connectivity index (χ2v) is 12.3. The minimum absolute atomic E-state index is 0.0861. The molecule has 10 nitrogen and oxygen atoms in total.